The molecule has 0 aromatic heterocycles. The fourth-order valence-electron chi connectivity index (χ4n) is 2.30. The summed E-state index contributed by atoms with van der Waals surface area (Å²) < 4.78 is 0. The third-order valence-corrected chi connectivity index (χ3v) is 3.32. The van der Waals surface area contributed by atoms with Crippen LogP contribution in [0.4, 0.5) is 0 Å². The summed E-state index contributed by atoms with van der Waals surface area (Å²) in [4.78, 5) is 13.0. The molecule has 4 nitrogen and oxygen atoms in total. The molecule has 1 heterocycles. The Bertz CT molecular complexity index is 431. The van der Waals surface area contributed by atoms with E-state index in [1.54, 1.807) is 0 Å². The number of carboxylic acids is 1. The van der Waals surface area contributed by atoms with E-state index in [0.29, 0.717) is 6.42 Å². The molecule has 1 aromatic carbocycles. The summed E-state index contributed by atoms with van der Waals surface area (Å²) in [6.45, 7) is 1.94. The maximum absolute atomic E-state index is 10.8. The summed E-state index contributed by atoms with van der Waals surface area (Å²) in [5.41, 5.74) is 9.27. The van der Waals surface area contributed by atoms with Crippen molar-refractivity contribution in [3.05, 3.63) is 34.9 Å². The van der Waals surface area contributed by atoms with Crippen LogP contribution in [-0.2, 0) is 24.2 Å². The predicted octanol–water partition coefficient (Wildman–Crippen LogP) is 0.629. The van der Waals surface area contributed by atoms with Crippen LogP contribution in [0.25, 0.3) is 0 Å². The minimum atomic E-state index is -0.938. The largest absolute Gasteiger partial charge is 0.480 e. The number of nitrogens with zero attached hydrogens (tertiary/aromatic N) is 1. The van der Waals surface area contributed by atoms with Gasteiger partial charge in [0.1, 0.15) is 6.04 Å². The minimum absolute atomic E-state index is 0.409. The van der Waals surface area contributed by atoms with Gasteiger partial charge in [-0.3, -0.25) is 4.79 Å². The van der Waals surface area contributed by atoms with Crippen molar-refractivity contribution in [3.63, 3.8) is 0 Å². The first kappa shape index (κ1) is 12.1. The zero-order chi connectivity index (χ0) is 12.4. The van der Waals surface area contributed by atoms with E-state index < -0.39 is 12.0 Å². The van der Waals surface area contributed by atoms with Crippen LogP contribution in [0, 0.1) is 0 Å². The molecule has 0 radical (unpaired) electrons. The number of aliphatic carboxylic acids is 1. The Balaban J connectivity index is 2.26. The van der Waals surface area contributed by atoms with Gasteiger partial charge in [0.05, 0.1) is 0 Å². The van der Waals surface area contributed by atoms with Gasteiger partial charge in [0.15, 0.2) is 0 Å². The Morgan fingerprint density at radius 3 is 3.06 bits per heavy atom. The van der Waals surface area contributed by atoms with E-state index in [0.717, 1.165) is 25.1 Å². The molecule has 1 aliphatic heterocycles. The topological polar surface area (TPSA) is 66.6 Å². The van der Waals surface area contributed by atoms with Crippen molar-refractivity contribution >= 4 is 5.97 Å². The first-order valence-corrected chi connectivity index (χ1v) is 5.84. The van der Waals surface area contributed by atoms with Crippen molar-refractivity contribution in [1.82, 2.24) is 4.90 Å². The van der Waals surface area contributed by atoms with E-state index >= 15 is 0 Å². The van der Waals surface area contributed by atoms with Crippen LogP contribution in [0.3, 0.4) is 0 Å². The molecule has 1 aromatic rings. The summed E-state index contributed by atoms with van der Waals surface area (Å²) in [6.07, 6.45) is 1.44. The quantitative estimate of drug-likeness (QED) is 0.805. The number of nitrogens with two attached hydrogens (primary N) is 1. The molecule has 1 unspecified atom stereocenters. The minimum Gasteiger partial charge on any atom is -0.480 e. The highest BCUT2D eigenvalue weighted by Crippen LogP contribution is 2.22. The highest BCUT2D eigenvalue weighted by Gasteiger charge is 2.19. The Labute approximate surface area is 101 Å². The number of carboxylic acid groups (broad SMARTS) is 1. The second-order valence-corrected chi connectivity index (χ2v) is 4.69. The number of rotatable bonds is 3. The van der Waals surface area contributed by atoms with Gasteiger partial charge in [-0.05, 0) is 36.6 Å². The van der Waals surface area contributed by atoms with Gasteiger partial charge >= 0.3 is 5.97 Å². The van der Waals surface area contributed by atoms with Crippen molar-refractivity contribution in [2.45, 2.75) is 25.4 Å². The van der Waals surface area contributed by atoms with Gasteiger partial charge < -0.3 is 15.7 Å². The molecule has 0 amide bonds. The Morgan fingerprint density at radius 1 is 1.59 bits per heavy atom. The Hall–Kier alpha value is -1.39. The Kier molecular flexibility index (Phi) is 3.45. The molecule has 1 atom stereocenters. The summed E-state index contributed by atoms with van der Waals surface area (Å²) >= 11 is 0. The molecule has 92 valence electrons. The van der Waals surface area contributed by atoms with Gasteiger partial charge in [0.2, 0.25) is 0 Å². The van der Waals surface area contributed by atoms with E-state index in [-0.39, 0.29) is 0 Å². The molecule has 0 bridgehead atoms. The molecule has 2 rings (SSSR count). The molecular weight excluding hydrogens is 216 g/mol. The van der Waals surface area contributed by atoms with Crippen LogP contribution in [0.5, 0.6) is 0 Å². The molecule has 0 fully saturated rings. The van der Waals surface area contributed by atoms with Crippen molar-refractivity contribution in [2.75, 3.05) is 13.6 Å². The van der Waals surface area contributed by atoms with Gasteiger partial charge in [-0.1, -0.05) is 18.2 Å². The van der Waals surface area contributed by atoms with Gasteiger partial charge in [-0.2, -0.15) is 0 Å². The predicted molar refractivity (Wildman–Crippen MR) is 65.8 cm³/mol. The van der Waals surface area contributed by atoms with E-state index in [1.165, 1.54) is 11.1 Å². The number of carbonyl (C=O) groups is 1. The maximum Gasteiger partial charge on any atom is 0.320 e. The van der Waals surface area contributed by atoms with Crippen molar-refractivity contribution in [2.24, 2.45) is 5.73 Å². The summed E-state index contributed by atoms with van der Waals surface area (Å²) in [7, 11) is 2.08. The number of likely N-dealkylation sites (N-methyl/N-ethyl adjacent to an activating group) is 1. The van der Waals surface area contributed by atoms with Crippen LogP contribution in [0.1, 0.15) is 16.7 Å². The average molecular weight is 234 g/mol. The summed E-state index contributed by atoms with van der Waals surface area (Å²) in [5, 5.41) is 8.86. The monoisotopic (exact) mass is 234 g/mol. The highest BCUT2D eigenvalue weighted by atomic mass is 16.4. The van der Waals surface area contributed by atoms with Gasteiger partial charge in [-0.25, -0.2) is 0 Å². The molecule has 17 heavy (non-hydrogen) atoms. The van der Waals surface area contributed by atoms with E-state index in [4.69, 9.17) is 10.8 Å². The van der Waals surface area contributed by atoms with Crippen molar-refractivity contribution < 1.29 is 9.90 Å². The molecule has 0 spiro atoms. The van der Waals surface area contributed by atoms with Crippen LogP contribution in [0.15, 0.2) is 18.2 Å². The van der Waals surface area contributed by atoms with E-state index in [1.807, 2.05) is 12.1 Å². The molecule has 1 aliphatic rings. The fraction of sp³-hybridized carbons (Fsp3) is 0.462. The summed E-state index contributed by atoms with van der Waals surface area (Å²) in [6, 6.07) is 5.29. The lowest BCUT2D eigenvalue weighted by Crippen LogP contribution is -2.34. The standard InChI is InChI=1S/C13H18N2O2/c1-15-6-5-9-3-2-4-10(11(9)8-15)7-12(14)13(16)17/h2-4,12H,5-8,14H2,1H3,(H,16,17). The van der Waals surface area contributed by atoms with Crippen molar-refractivity contribution in [3.8, 4) is 0 Å². The third kappa shape index (κ3) is 2.65. The van der Waals surface area contributed by atoms with Crippen molar-refractivity contribution in [1.29, 1.82) is 0 Å². The first-order chi connectivity index (χ1) is 8.08. The molecular formula is C13H18N2O2. The second kappa shape index (κ2) is 4.85. The van der Waals surface area contributed by atoms with Crippen LogP contribution in [-0.4, -0.2) is 35.6 Å². The molecule has 0 aliphatic carbocycles. The average Bonchev–Trinajstić information content (AvgIpc) is 2.29. The molecule has 3 N–H and O–H groups in total. The lowest BCUT2D eigenvalue weighted by molar-refractivity contribution is -0.138. The zero-order valence-corrected chi connectivity index (χ0v) is 10.0. The molecule has 4 heteroatoms. The van der Waals surface area contributed by atoms with Gasteiger partial charge in [-0.15, -0.1) is 0 Å². The second-order valence-electron chi connectivity index (χ2n) is 4.69. The zero-order valence-electron chi connectivity index (χ0n) is 10.0. The van der Waals surface area contributed by atoms with Gasteiger partial charge in [0.25, 0.3) is 0 Å². The normalized spacial score (nSPS) is 17.5. The van der Waals surface area contributed by atoms with Gasteiger partial charge in [0, 0.05) is 13.1 Å². The van der Waals surface area contributed by atoms with E-state index in [2.05, 4.69) is 18.0 Å². The molecule has 0 saturated carbocycles. The van der Waals surface area contributed by atoms with Crippen LogP contribution < -0.4 is 5.73 Å². The lowest BCUT2D eigenvalue weighted by atomic mass is 9.92. The Morgan fingerprint density at radius 2 is 2.35 bits per heavy atom. The van der Waals surface area contributed by atoms with Crippen LogP contribution in [0.2, 0.25) is 0 Å². The fourth-order valence-corrected chi connectivity index (χ4v) is 2.30. The number of hydrogen-bond donors (Lipinski definition) is 2. The summed E-state index contributed by atoms with van der Waals surface area (Å²) in [5.74, 6) is -0.938. The third-order valence-electron chi connectivity index (χ3n) is 3.32. The van der Waals surface area contributed by atoms with E-state index in [9.17, 15) is 4.79 Å². The van der Waals surface area contributed by atoms with Crippen LogP contribution >= 0.6 is 0 Å². The SMILES string of the molecule is CN1CCc2cccc(CC(N)C(=O)O)c2C1. The maximum atomic E-state index is 10.8. The lowest BCUT2D eigenvalue weighted by Gasteiger charge is -2.27. The number of benzene rings is 1. The smallest absolute Gasteiger partial charge is 0.320 e. The number of hydrogen-bond acceptors (Lipinski definition) is 3. The number of fused-ring (bicyclic) bond motifs is 1. The first-order valence-electron chi connectivity index (χ1n) is 5.84. The molecule has 0 saturated heterocycles. The highest BCUT2D eigenvalue weighted by molar-refractivity contribution is 5.73.